The average Bonchev–Trinajstić information content (AvgIpc) is 2.23. The molecule has 5 heteroatoms. The van der Waals surface area contributed by atoms with E-state index in [-0.39, 0.29) is 5.69 Å². The van der Waals surface area contributed by atoms with Gasteiger partial charge in [-0.15, -0.1) is 0 Å². The van der Waals surface area contributed by atoms with Crippen molar-refractivity contribution in [3.63, 3.8) is 0 Å². The number of halogens is 1. The van der Waals surface area contributed by atoms with Crippen molar-refractivity contribution in [2.75, 3.05) is 11.9 Å². The van der Waals surface area contributed by atoms with E-state index in [1.807, 2.05) is 0 Å². The molecule has 0 unspecified atom stereocenters. The Hall–Kier alpha value is -1.65. The van der Waals surface area contributed by atoms with Crippen LogP contribution >= 0.6 is 0 Å². The third kappa shape index (κ3) is 2.93. The fourth-order valence-electron chi connectivity index (χ4n) is 2.00. The first kappa shape index (κ1) is 11.8. The lowest BCUT2D eigenvalue weighted by Gasteiger charge is -2.25. The van der Waals surface area contributed by atoms with Crippen LogP contribution in [0.1, 0.15) is 25.7 Å². The molecule has 1 aromatic carbocycles. The van der Waals surface area contributed by atoms with Crippen LogP contribution in [0.3, 0.4) is 0 Å². The predicted molar refractivity (Wildman–Crippen MR) is 63.5 cm³/mol. The summed E-state index contributed by atoms with van der Waals surface area (Å²) >= 11 is 0. The van der Waals surface area contributed by atoms with E-state index >= 15 is 0 Å². The highest BCUT2D eigenvalue weighted by Gasteiger charge is 2.18. The first-order valence-corrected chi connectivity index (χ1v) is 5.84. The largest absolute Gasteiger partial charge is 0.379 e. The third-order valence-corrected chi connectivity index (χ3v) is 3.25. The summed E-state index contributed by atoms with van der Waals surface area (Å²) in [6.45, 7) is 0.705. The minimum absolute atomic E-state index is 0.196. The fourth-order valence-corrected chi connectivity index (χ4v) is 2.00. The number of benzene rings is 1. The smallest absolute Gasteiger partial charge is 0.295 e. The molecule has 0 radical (unpaired) electrons. The Labute approximate surface area is 99.0 Å². The molecule has 0 bridgehead atoms. The minimum atomic E-state index is -0.582. The Bertz CT molecular complexity index is 419. The molecule has 1 aromatic rings. The van der Waals surface area contributed by atoms with Crippen LogP contribution in [0.2, 0.25) is 0 Å². The van der Waals surface area contributed by atoms with Crippen molar-refractivity contribution in [1.82, 2.24) is 0 Å². The van der Waals surface area contributed by atoms with E-state index in [4.69, 9.17) is 0 Å². The van der Waals surface area contributed by atoms with E-state index in [2.05, 4.69) is 5.32 Å². The highest BCUT2D eigenvalue weighted by molar-refractivity contribution is 5.61. The van der Waals surface area contributed by atoms with E-state index in [9.17, 15) is 14.5 Å². The maximum atomic E-state index is 12.9. The molecule has 0 spiro atoms. The lowest BCUT2D eigenvalue weighted by molar-refractivity contribution is -0.384. The van der Waals surface area contributed by atoms with Crippen LogP contribution in [0.4, 0.5) is 15.8 Å². The molecule has 0 amide bonds. The standard InChI is InChI=1S/C12H15FN2O2/c13-10-4-5-11(12(8-10)15(16)17)14-7-6-9-2-1-3-9/h4-5,8-9,14H,1-3,6-7H2. The number of rotatable bonds is 5. The molecule has 1 aliphatic carbocycles. The Morgan fingerprint density at radius 1 is 1.47 bits per heavy atom. The maximum absolute atomic E-state index is 12.9. The van der Waals surface area contributed by atoms with Crippen molar-refractivity contribution in [2.24, 2.45) is 5.92 Å². The van der Waals surface area contributed by atoms with Crippen LogP contribution in [0, 0.1) is 21.8 Å². The molecule has 1 saturated carbocycles. The molecule has 2 rings (SSSR count). The van der Waals surface area contributed by atoms with Crippen LogP contribution in [0.25, 0.3) is 0 Å². The van der Waals surface area contributed by atoms with E-state index in [1.165, 1.54) is 31.4 Å². The average molecular weight is 238 g/mol. The SMILES string of the molecule is O=[N+]([O-])c1cc(F)ccc1NCCC1CCC1. The lowest BCUT2D eigenvalue weighted by atomic mass is 9.83. The van der Waals surface area contributed by atoms with Gasteiger partial charge in [0.2, 0.25) is 0 Å². The first-order chi connectivity index (χ1) is 8.16. The maximum Gasteiger partial charge on any atom is 0.295 e. The third-order valence-electron chi connectivity index (χ3n) is 3.25. The van der Waals surface area contributed by atoms with Gasteiger partial charge >= 0.3 is 0 Å². The van der Waals surface area contributed by atoms with E-state index < -0.39 is 10.7 Å². The van der Waals surface area contributed by atoms with Gasteiger partial charge in [-0.1, -0.05) is 19.3 Å². The molecule has 92 valence electrons. The number of hydrogen-bond acceptors (Lipinski definition) is 3. The molecule has 1 aliphatic rings. The Morgan fingerprint density at radius 3 is 2.82 bits per heavy atom. The Kier molecular flexibility index (Phi) is 3.56. The molecule has 0 aliphatic heterocycles. The van der Waals surface area contributed by atoms with E-state index in [0.29, 0.717) is 12.2 Å². The van der Waals surface area contributed by atoms with E-state index in [0.717, 1.165) is 18.4 Å². The van der Waals surface area contributed by atoms with Crippen molar-refractivity contribution in [1.29, 1.82) is 0 Å². The number of nitrogens with one attached hydrogen (secondary N) is 1. The summed E-state index contributed by atoms with van der Waals surface area (Å²) in [5, 5.41) is 13.7. The van der Waals surface area contributed by atoms with Gasteiger partial charge in [-0.25, -0.2) is 4.39 Å². The molecule has 1 fully saturated rings. The number of nitrogens with zero attached hydrogens (tertiary/aromatic N) is 1. The fraction of sp³-hybridized carbons (Fsp3) is 0.500. The minimum Gasteiger partial charge on any atom is -0.379 e. The van der Waals surface area contributed by atoms with Gasteiger partial charge in [0.1, 0.15) is 11.5 Å². The van der Waals surface area contributed by atoms with Gasteiger partial charge < -0.3 is 5.32 Å². The zero-order valence-corrected chi connectivity index (χ0v) is 9.49. The quantitative estimate of drug-likeness (QED) is 0.632. The van der Waals surface area contributed by atoms with Gasteiger partial charge in [0.25, 0.3) is 5.69 Å². The van der Waals surface area contributed by atoms with Gasteiger partial charge in [-0.2, -0.15) is 0 Å². The summed E-state index contributed by atoms with van der Waals surface area (Å²) in [4.78, 5) is 10.2. The second-order valence-corrected chi connectivity index (χ2v) is 4.43. The van der Waals surface area contributed by atoms with Gasteiger partial charge in [0, 0.05) is 6.54 Å². The molecule has 0 saturated heterocycles. The van der Waals surface area contributed by atoms with Crippen LogP contribution < -0.4 is 5.32 Å². The van der Waals surface area contributed by atoms with Gasteiger partial charge in [0.05, 0.1) is 11.0 Å². The summed E-state index contributed by atoms with van der Waals surface area (Å²) in [6.07, 6.45) is 4.83. The lowest BCUT2D eigenvalue weighted by Crippen LogP contribution is -2.16. The monoisotopic (exact) mass is 238 g/mol. The zero-order valence-electron chi connectivity index (χ0n) is 9.49. The van der Waals surface area contributed by atoms with Crippen LogP contribution in [0.5, 0.6) is 0 Å². The highest BCUT2D eigenvalue weighted by Crippen LogP contribution is 2.30. The Morgan fingerprint density at radius 2 is 2.24 bits per heavy atom. The molecule has 1 N–H and O–H groups in total. The van der Waals surface area contributed by atoms with E-state index in [1.54, 1.807) is 0 Å². The number of nitro benzene ring substituents is 1. The normalized spacial score (nSPS) is 15.4. The van der Waals surface area contributed by atoms with Crippen LogP contribution in [-0.4, -0.2) is 11.5 Å². The van der Waals surface area contributed by atoms with Crippen molar-refractivity contribution < 1.29 is 9.31 Å². The number of nitro groups is 1. The highest BCUT2D eigenvalue weighted by atomic mass is 19.1. The molecule has 17 heavy (non-hydrogen) atoms. The van der Waals surface area contributed by atoms with Crippen LogP contribution in [-0.2, 0) is 0 Å². The summed E-state index contributed by atoms with van der Waals surface area (Å²) < 4.78 is 12.9. The Balaban J connectivity index is 1.96. The number of hydrogen-bond donors (Lipinski definition) is 1. The molecular weight excluding hydrogens is 223 g/mol. The summed E-state index contributed by atoms with van der Waals surface area (Å²) in [5.74, 6) is 0.170. The molecule has 4 nitrogen and oxygen atoms in total. The van der Waals surface area contributed by atoms with Crippen molar-refractivity contribution >= 4 is 11.4 Å². The molecule has 0 heterocycles. The second kappa shape index (κ2) is 5.12. The van der Waals surface area contributed by atoms with Crippen LogP contribution in [0.15, 0.2) is 18.2 Å². The predicted octanol–water partition coefficient (Wildman–Crippen LogP) is 3.34. The van der Waals surface area contributed by atoms with Gasteiger partial charge in [-0.05, 0) is 24.5 Å². The summed E-state index contributed by atoms with van der Waals surface area (Å²) in [7, 11) is 0. The molecule has 0 atom stereocenters. The van der Waals surface area contributed by atoms with Crippen molar-refractivity contribution in [3.05, 3.63) is 34.1 Å². The number of anilines is 1. The molecular formula is C12H15FN2O2. The van der Waals surface area contributed by atoms with Gasteiger partial charge in [0.15, 0.2) is 0 Å². The summed E-state index contributed by atoms with van der Waals surface area (Å²) in [6, 6.07) is 3.61. The topological polar surface area (TPSA) is 55.2 Å². The molecule has 0 aromatic heterocycles. The van der Waals surface area contributed by atoms with Gasteiger partial charge in [-0.3, -0.25) is 10.1 Å². The summed E-state index contributed by atoms with van der Waals surface area (Å²) in [5.41, 5.74) is 0.203. The van der Waals surface area contributed by atoms with Crippen molar-refractivity contribution in [3.8, 4) is 0 Å². The van der Waals surface area contributed by atoms with Crippen molar-refractivity contribution in [2.45, 2.75) is 25.7 Å². The first-order valence-electron chi connectivity index (χ1n) is 5.84. The second-order valence-electron chi connectivity index (χ2n) is 4.43. The zero-order chi connectivity index (χ0) is 12.3.